The molecule has 2 N–H and O–H groups in total. The first-order chi connectivity index (χ1) is 12.5. The molecule has 1 aromatic rings. The van der Waals surface area contributed by atoms with Crippen molar-refractivity contribution in [1.82, 2.24) is 15.5 Å². The lowest BCUT2D eigenvalue weighted by molar-refractivity contribution is -0.136. The average Bonchev–Trinajstić information content (AvgIpc) is 3.43. The molecule has 0 radical (unpaired) electrons. The molecule has 1 aromatic carbocycles. The Bertz CT molecular complexity index is 858. The standard InChI is InChI=1S/C18H17N3O5/c22-14-6-5-13(16(24)20-14)21-17(25)11-4-1-9(7-12(11)18(21)26)8-19-15(23)10-2-3-10/h1,4,7,10,13H,2-3,5-6,8H2,(H,19,23)(H,20,22,24). The molecule has 4 rings (SSSR count). The van der Waals surface area contributed by atoms with Crippen molar-refractivity contribution in [2.24, 2.45) is 5.92 Å². The molecule has 3 aliphatic rings. The van der Waals surface area contributed by atoms with Gasteiger partial charge in [0.25, 0.3) is 11.8 Å². The van der Waals surface area contributed by atoms with Crippen LogP contribution in [0.1, 0.15) is 52.0 Å². The minimum atomic E-state index is -0.974. The zero-order chi connectivity index (χ0) is 18.4. The van der Waals surface area contributed by atoms with Gasteiger partial charge in [0.2, 0.25) is 17.7 Å². The molecule has 2 heterocycles. The summed E-state index contributed by atoms with van der Waals surface area (Å²) in [6, 6.07) is 3.83. The van der Waals surface area contributed by atoms with Crippen molar-refractivity contribution in [2.75, 3.05) is 0 Å². The fraction of sp³-hybridized carbons (Fsp3) is 0.389. The number of imide groups is 2. The van der Waals surface area contributed by atoms with Crippen LogP contribution in [-0.4, -0.2) is 40.5 Å². The van der Waals surface area contributed by atoms with Crippen LogP contribution in [0.5, 0.6) is 0 Å². The molecule has 2 fully saturated rings. The van der Waals surface area contributed by atoms with E-state index in [2.05, 4.69) is 10.6 Å². The van der Waals surface area contributed by atoms with Crippen molar-refractivity contribution >= 4 is 29.5 Å². The molecule has 1 unspecified atom stereocenters. The van der Waals surface area contributed by atoms with Crippen LogP contribution in [0.25, 0.3) is 0 Å². The summed E-state index contributed by atoms with van der Waals surface area (Å²) in [5, 5.41) is 4.98. The first kappa shape index (κ1) is 16.4. The Morgan fingerprint density at radius 2 is 1.81 bits per heavy atom. The van der Waals surface area contributed by atoms with Gasteiger partial charge in [-0.25, -0.2) is 0 Å². The lowest BCUT2D eigenvalue weighted by atomic mass is 10.0. The number of carbonyl (C=O) groups is 5. The third-order valence-corrected chi connectivity index (χ3v) is 4.92. The van der Waals surface area contributed by atoms with E-state index in [1.807, 2.05) is 0 Å². The number of amides is 5. The van der Waals surface area contributed by atoms with Gasteiger partial charge in [0, 0.05) is 18.9 Å². The van der Waals surface area contributed by atoms with E-state index in [0.717, 1.165) is 17.7 Å². The van der Waals surface area contributed by atoms with E-state index in [9.17, 15) is 24.0 Å². The highest BCUT2D eigenvalue weighted by Crippen LogP contribution is 2.30. The number of rotatable bonds is 4. The number of hydrogen-bond donors (Lipinski definition) is 2. The Kier molecular flexibility index (Phi) is 3.82. The molecule has 8 nitrogen and oxygen atoms in total. The third kappa shape index (κ3) is 2.77. The van der Waals surface area contributed by atoms with Crippen LogP contribution in [0, 0.1) is 5.92 Å². The van der Waals surface area contributed by atoms with E-state index in [1.54, 1.807) is 18.2 Å². The zero-order valence-corrected chi connectivity index (χ0v) is 13.9. The second kappa shape index (κ2) is 6.05. The van der Waals surface area contributed by atoms with Gasteiger partial charge in [0.15, 0.2) is 0 Å². The van der Waals surface area contributed by atoms with Gasteiger partial charge < -0.3 is 5.32 Å². The average molecular weight is 355 g/mol. The van der Waals surface area contributed by atoms with Gasteiger partial charge in [-0.05, 0) is 37.0 Å². The van der Waals surface area contributed by atoms with Crippen LogP contribution in [0.15, 0.2) is 18.2 Å². The third-order valence-electron chi connectivity index (χ3n) is 4.92. The molecule has 134 valence electrons. The van der Waals surface area contributed by atoms with Gasteiger partial charge in [0.05, 0.1) is 11.1 Å². The maximum atomic E-state index is 12.7. The molecule has 0 spiro atoms. The van der Waals surface area contributed by atoms with Crippen LogP contribution in [0.4, 0.5) is 0 Å². The molecule has 1 saturated heterocycles. The summed E-state index contributed by atoms with van der Waals surface area (Å²) in [5.41, 5.74) is 1.17. The van der Waals surface area contributed by atoms with Crippen molar-refractivity contribution in [3.8, 4) is 0 Å². The van der Waals surface area contributed by atoms with E-state index in [0.29, 0.717) is 5.56 Å². The summed E-state index contributed by atoms with van der Waals surface area (Å²) in [4.78, 5) is 61.2. The maximum Gasteiger partial charge on any atom is 0.262 e. The fourth-order valence-corrected chi connectivity index (χ4v) is 3.31. The predicted octanol–water partition coefficient (Wildman–Crippen LogP) is 0.114. The van der Waals surface area contributed by atoms with Gasteiger partial charge in [-0.15, -0.1) is 0 Å². The molecule has 26 heavy (non-hydrogen) atoms. The minimum absolute atomic E-state index is 0.00179. The van der Waals surface area contributed by atoms with Crippen LogP contribution < -0.4 is 10.6 Å². The highest BCUT2D eigenvalue weighted by atomic mass is 16.2. The number of piperidine rings is 1. The van der Waals surface area contributed by atoms with Crippen molar-refractivity contribution < 1.29 is 24.0 Å². The molecule has 1 aliphatic carbocycles. The monoisotopic (exact) mass is 355 g/mol. The van der Waals surface area contributed by atoms with Gasteiger partial charge in [0.1, 0.15) is 6.04 Å². The van der Waals surface area contributed by atoms with E-state index in [1.165, 1.54) is 0 Å². The fourth-order valence-electron chi connectivity index (χ4n) is 3.31. The Morgan fingerprint density at radius 1 is 1.08 bits per heavy atom. The Labute approximate surface area is 148 Å². The van der Waals surface area contributed by atoms with Gasteiger partial charge >= 0.3 is 0 Å². The first-order valence-electron chi connectivity index (χ1n) is 8.58. The van der Waals surface area contributed by atoms with Crippen LogP contribution in [0.2, 0.25) is 0 Å². The predicted molar refractivity (Wildman–Crippen MR) is 87.7 cm³/mol. The van der Waals surface area contributed by atoms with Crippen LogP contribution in [0.3, 0.4) is 0 Å². The maximum absolute atomic E-state index is 12.7. The first-order valence-corrected chi connectivity index (χ1v) is 8.58. The number of benzene rings is 1. The number of hydrogen-bond acceptors (Lipinski definition) is 5. The van der Waals surface area contributed by atoms with Gasteiger partial charge in [-0.1, -0.05) is 6.07 Å². The normalized spacial score (nSPS) is 22.3. The largest absolute Gasteiger partial charge is 0.352 e. The number of nitrogens with one attached hydrogen (secondary N) is 2. The lowest BCUT2D eigenvalue weighted by Crippen LogP contribution is -2.54. The highest BCUT2D eigenvalue weighted by Gasteiger charge is 2.44. The van der Waals surface area contributed by atoms with E-state index < -0.39 is 29.7 Å². The Balaban J connectivity index is 1.53. The quantitative estimate of drug-likeness (QED) is 0.745. The Morgan fingerprint density at radius 3 is 2.50 bits per heavy atom. The lowest BCUT2D eigenvalue weighted by Gasteiger charge is -2.27. The number of carbonyl (C=O) groups excluding carboxylic acids is 5. The summed E-state index contributed by atoms with van der Waals surface area (Å²) in [6.45, 7) is 0.280. The van der Waals surface area contributed by atoms with Crippen molar-refractivity contribution in [1.29, 1.82) is 0 Å². The summed E-state index contributed by atoms with van der Waals surface area (Å²) < 4.78 is 0. The summed E-state index contributed by atoms with van der Waals surface area (Å²) in [5.74, 6) is -2.03. The molecule has 1 saturated carbocycles. The van der Waals surface area contributed by atoms with Crippen molar-refractivity contribution in [2.45, 2.75) is 38.3 Å². The molecule has 2 aliphatic heterocycles. The molecular weight excluding hydrogens is 338 g/mol. The summed E-state index contributed by atoms with van der Waals surface area (Å²) in [6.07, 6.45) is 2.02. The molecule has 1 atom stereocenters. The van der Waals surface area contributed by atoms with Crippen molar-refractivity contribution in [3.05, 3.63) is 34.9 Å². The minimum Gasteiger partial charge on any atom is -0.352 e. The summed E-state index contributed by atoms with van der Waals surface area (Å²) in [7, 11) is 0. The van der Waals surface area contributed by atoms with E-state index in [4.69, 9.17) is 0 Å². The molecule has 8 heteroatoms. The molecule has 0 bridgehead atoms. The van der Waals surface area contributed by atoms with Gasteiger partial charge in [-0.3, -0.25) is 34.2 Å². The number of nitrogens with zero attached hydrogens (tertiary/aromatic N) is 1. The highest BCUT2D eigenvalue weighted by molar-refractivity contribution is 6.23. The smallest absolute Gasteiger partial charge is 0.262 e. The zero-order valence-electron chi connectivity index (χ0n) is 13.9. The van der Waals surface area contributed by atoms with E-state index >= 15 is 0 Å². The van der Waals surface area contributed by atoms with Crippen LogP contribution >= 0.6 is 0 Å². The topological polar surface area (TPSA) is 113 Å². The molecule has 0 aromatic heterocycles. The van der Waals surface area contributed by atoms with Crippen LogP contribution in [-0.2, 0) is 20.9 Å². The SMILES string of the molecule is O=C1CCC(N2C(=O)c3ccc(CNC(=O)C4CC4)cc3C2=O)C(=O)N1. The Hall–Kier alpha value is -3.03. The van der Waals surface area contributed by atoms with E-state index in [-0.39, 0.29) is 42.3 Å². The molecular formula is C18H17N3O5. The van der Waals surface area contributed by atoms with Crippen molar-refractivity contribution in [3.63, 3.8) is 0 Å². The number of fused-ring (bicyclic) bond motifs is 1. The summed E-state index contributed by atoms with van der Waals surface area (Å²) >= 11 is 0. The second-order valence-corrected chi connectivity index (χ2v) is 6.82. The molecule has 5 amide bonds. The van der Waals surface area contributed by atoms with Gasteiger partial charge in [-0.2, -0.15) is 0 Å². The second-order valence-electron chi connectivity index (χ2n) is 6.82.